The van der Waals surface area contributed by atoms with Crippen LogP contribution in [0.1, 0.15) is 29.8 Å². The molecule has 1 aromatic heterocycles. The zero-order chi connectivity index (χ0) is 21.7. The van der Waals surface area contributed by atoms with Crippen molar-refractivity contribution in [1.82, 2.24) is 19.2 Å². The fraction of sp³-hybridized carbons (Fsp3) is 0.238. The third-order valence-corrected chi connectivity index (χ3v) is 7.11. The molecule has 0 aliphatic rings. The average molecular weight is 447 g/mol. The minimum Gasteiger partial charge on any atom is -0.348 e. The van der Waals surface area contributed by atoms with Gasteiger partial charge in [-0.25, -0.2) is 13.4 Å². The van der Waals surface area contributed by atoms with Crippen LogP contribution in [-0.2, 0) is 16.6 Å². The number of imidazole rings is 1. The molecule has 0 radical (unpaired) electrons. The summed E-state index contributed by atoms with van der Waals surface area (Å²) in [4.78, 5) is 16.9. The van der Waals surface area contributed by atoms with Gasteiger partial charge in [-0.15, -0.1) is 0 Å². The molecular formula is C21H23ClN4O3S. The van der Waals surface area contributed by atoms with Gasteiger partial charge < -0.3 is 9.88 Å². The quantitative estimate of drug-likeness (QED) is 0.574. The van der Waals surface area contributed by atoms with Crippen LogP contribution >= 0.6 is 11.6 Å². The predicted octanol–water partition coefficient (Wildman–Crippen LogP) is 3.49. The Labute approximate surface area is 181 Å². The number of sulfonamides is 1. The summed E-state index contributed by atoms with van der Waals surface area (Å²) < 4.78 is 28.7. The summed E-state index contributed by atoms with van der Waals surface area (Å²) in [5.74, 6) is -0.447. The minimum atomic E-state index is -3.69. The smallest absolute Gasteiger partial charge is 0.253 e. The lowest BCUT2D eigenvalue weighted by Gasteiger charge is -2.19. The molecule has 3 aromatic rings. The Balaban J connectivity index is 1.84. The lowest BCUT2D eigenvalue weighted by molar-refractivity contribution is 0.0951. The molecule has 0 fully saturated rings. The number of benzene rings is 2. The molecule has 1 heterocycles. The molecule has 158 valence electrons. The zero-order valence-corrected chi connectivity index (χ0v) is 18.3. The fourth-order valence-corrected chi connectivity index (χ4v) is 4.82. The zero-order valence-electron chi connectivity index (χ0n) is 16.7. The van der Waals surface area contributed by atoms with Crippen LogP contribution in [0.25, 0.3) is 5.69 Å². The SMILES string of the molecule is CCN(CC)S(=O)(=O)c1ccc(Cl)c(C(=O)NCc2ccccc2-n2ccnc2)c1. The highest BCUT2D eigenvalue weighted by atomic mass is 35.5. The van der Waals surface area contributed by atoms with Gasteiger partial charge >= 0.3 is 0 Å². The van der Waals surface area contributed by atoms with Gasteiger partial charge in [0.2, 0.25) is 10.0 Å². The Morgan fingerprint density at radius 1 is 1.17 bits per heavy atom. The second-order valence-electron chi connectivity index (χ2n) is 6.51. The first kappa shape index (κ1) is 22.0. The number of para-hydroxylation sites is 1. The average Bonchev–Trinajstić information content (AvgIpc) is 3.28. The number of nitrogens with zero attached hydrogens (tertiary/aromatic N) is 3. The van der Waals surface area contributed by atoms with E-state index < -0.39 is 15.9 Å². The number of carbonyl (C=O) groups excluding carboxylic acids is 1. The van der Waals surface area contributed by atoms with E-state index >= 15 is 0 Å². The summed E-state index contributed by atoms with van der Waals surface area (Å²) in [5, 5.41) is 3.02. The molecule has 3 rings (SSSR count). The van der Waals surface area contributed by atoms with Gasteiger partial charge in [0, 0.05) is 32.0 Å². The number of halogens is 1. The van der Waals surface area contributed by atoms with Gasteiger partial charge in [0.1, 0.15) is 0 Å². The summed E-state index contributed by atoms with van der Waals surface area (Å²) in [7, 11) is -3.69. The van der Waals surface area contributed by atoms with E-state index in [4.69, 9.17) is 11.6 Å². The molecular weight excluding hydrogens is 424 g/mol. The van der Waals surface area contributed by atoms with Gasteiger partial charge in [-0.05, 0) is 29.8 Å². The van der Waals surface area contributed by atoms with Crippen molar-refractivity contribution in [2.75, 3.05) is 13.1 Å². The van der Waals surface area contributed by atoms with E-state index in [0.717, 1.165) is 11.3 Å². The number of amides is 1. The van der Waals surface area contributed by atoms with Gasteiger partial charge in [-0.3, -0.25) is 4.79 Å². The number of hydrogen-bond acceptors (Lipinski definition) is 4. The molecule has 0 saturated heterocycles. The summed E-state index contributed by atoms with van der Waals surface area (Å²) in [6, 6.07) is 11.8. The highest BCUT2D eigenvalue weighted by molar-refractivity contribution is 7.89. The van der Waals surface area contributed by atoms with Crippen molar-refractivity contribution < 1.29 is 13.2 Å². The first-order valence-electron chi connectivity index (χ1n) is 9.52. The molecule has 0 aliphatic heterocycles. The van der Waals surface area contributed by atoms with Crippen LogP contribution in [0.4, 0.5) is 0 Å². The predicted molar refractivity (Wildman–Crippen MR) is 116 cm³/mol. The van der Waals surface area contributed by atoms with E-state index in [9.17, 15) is 13.2 Å². The van der Waals surface area contributed by atoms with Gasteiger partial charge in [-0.1, -0.05) is 43.6 Å². The maximum Gasteiger partial charge on any atom is 0.253 e. The van der Waals surface area contributed by atoms with E-state index in [-0.39, 0.29) is 22.0 Å². The van der Waals surface area contributed by atoms with Crippen LogP contribution in [0.3, 0.4) is 0 Å². The van der Waals surface area contributed by atoms with Crippen LogP contribution in [0.5, 0.6) is 0 Å². The van der Waals surface area contributed by atoms with Crippen LogP contribution in [0, 0.1) is 0 Å². The van der Waals surface area contributed by atoms with E-state index in [2.05, 4.69) is 10.3 Å². The number of nitrogens with one attached hydrogen (secondary N) is 1. The lowest BCUT2D eigenvalue weighted by atomic mass is 10.1. The molecule has 0 spiro atoms. The molecule has 0 atom stereocenters. The number of rotatable bonds is 8. The summed E-state index contributed by atoms with van der Waals surface area (Å²) in [6.07, 6.45) is 5.18. The van der Waals surface area contributed by atoms with Gasteiger partial charge in [0.15, 0.2) is 0 Å². The summed E-state index contributed by atoms with van der Waals surface area (Å²) in [6.45, 7) is 4.46. The van der Waals surface area contributed by atoms with Crippen molar-refractivity contribution in [1.29, 1.82) is 0 Å². The monoisotopic (exact) mass is 446 g/mol. The van der Waals surface area contributed by atoms with Crippen molar-refractivity contribution >= 4 is 27.5 Å². The largest absolute Gasteiger partial charge is 0.348 e. The second kappa shape index (κ2) is 9.42. The van der Waals surface area contributed by atoms with Crippen molar-refractivity contribution in [2.24, 2.45) is 0 Å². The topological polar surface area (TPSA) is 84.3 Å². The molecule has 0 saturated carbocycles. The first-order chi connectivity index (χ1) is 14.4. The van der Waals surface area contributed by atoms with Gasteiger partial charge in [0.25, 0.3) is 5.91 Å². The van der Waals surface area contributed by atoms with Crippen LogP contribution in [0.15, 0.2) is 66.1 Å². The van der Waals surface area contributed by atoms with E-state index in [0.29, 0.717) is 13.1 Å². The van der Waals surface area contributed by atoms with Crippen LogP contribution < -0.4 is 5.32 Å². The standard InChI is InChI=1S/C21H23ClN4O3S/c1-3-26(4-2)30(28,29)17-9-10-19(22)18(13-17)21(27)24-14-16-7-5-6-8-20(16)25-12-11-23-15-25/h5-13,15H,3-4,14H2,1-2H3,(H,24,27). The van der Waals surface area contributed by atoms with Crippen molar-refractivity contribution in [2.45, 2.75) is 25.3 Å². The second-order valence-corrected chi connectivity index (χ2v) is 8.86. The van der Waals surface area contributed by atoms with E-state index in [1.54, 1.807) is 26.4 Å². The number of hydrogen-bond donors (Lipinski definition) is 1. The van der Waals surface area contributed by atoms with Gasteiger partial charge in [-0.2, -0.15) is 4.31 Å². The third kappa shape index (κ3) is 4.56. The summed E-state index contributed by atoms with van der Waals surface area (Å²) >= 11 is 6.20. The Kier molecular flexibility index (Phi) is 6.91. The van der Waals surface area contributed by atoms with Crippen LogP contribution in [-0.4, -0.2) is 41.3 Å². The molecule has 7 nitrogen and oxygen atoms in total. The Bertz CT molecular complexity index is 1130. The lowest BCUT2D eigenvalue weighted by Crippen LogP contribution is -2.31. The maximum atomic E-state index is 12.8. The van der Waals surface area contributed by atoms with Crippen molar-refractivity contribution in [3.05, 3.63) is 77.3 Å². The third-order valence-electron chi connectivity index (χ3n) is 4.74. The molecule has 0 unspecified atom stereocenters. The van der Waals surface area contributed by atoms with E-state index in [1.165, 1.54) is 22.5 Å². The fourth-order valence-electron chi connectivity index (χ4n) is 3.14. The highest BCUT2D eigenvalue weighted by Gasteiger charge is 2.24. The Morgan fingerprint density at radius 2 is 1.90 bits per heavy atom. The Hall–Kier alpha value is -2.68. The first-order valence-corrected chi connectivity index (χ1v) is 11.3. The molecule has 1 amide bonds. The molecule has 2 aromatic carbocycles. The minimum absolute atomic E-state index is 0.0413. The van der Waals surface area contributed by atoms with Crippen molar-refractivity contribution in [3.8, 4) is 5.69 Å². The number of aromatic nitrogens is 2. The van der Waals surface area contributed by atoms with E-state index in [1.807, 2.05) is 35.0 Å². The van der Waals surface area contributed by atoms with Gasteiger partial charge in [0.05, 0.1) is 27.5 Å². The Morgan fingerprint density at radius 3 is 2.57 bits per heavy atom. The molecule has 9 heteroatoms. The summed E-state index contributed by atoms with van der Waals surface area (Å²) in [5.41, 5.74) is 1.89. The molecule has 30 heavy (non-hydrogen) atoms. The van der Waals surface area contributed by atoms with Crippen LogP contribution in [0.2, 0.25) is 5.02 Å². The molecule has 1 N–H and O–H groups in total. The normalized spacial score (nSPS) is 11.6. The number of carbonyl (C=O) groups is 1. The molecule has 0 bridgehead atoms. The molecule has 0 aliphatic carbocycles. The highest BCUT2D eigenvalue weighted by Crippen LogP contribution is 2.23. The van der Waals surface area contributed by atoms with Crippen molar-refractivity contribution in [3.63, 3.8) is 0 Å². The maximum absolute atomic E-state index is 12.8.